The van der Waals surface area contributed by atoms with Crippen LogP contribution < -0.4 is 67.3 Å². The average molecular weight is 354 g/mol. The normalized spacial score (nSPS) is 20.7. The molecule has 0 bridgehead atoms. The minimum atomic E-state index is -0.622. The monoisotopic (exact) mass is 354 g/mol. The van der Waals surface area contributed by atoms with Crippen LogP contribution in [0.5, 0.6) is 0 Å². The predicted molar refractivity (Wildman–Crippen MR) is 85.8 cm³/mol. The number of anilines is 1. The molecule has 3 N–H and O–H groups in total. The van der Waals surface area contributed by atoms with Gasteiger partial charge in [0.2, 0.25) is 11.8 Å². The zero-order valence-corrected chi connectivity index (χ0v) is 16.8. The number of amides is 2. The van der Waals surface area contributed by atoms with Gasteiger partial charge in [0.15, 0.2) is 0 Å². The quantitative estimate of drug-likeness (QED) is 0.352. The first-order valence-corrected chi connectivity index (χ1v) is 7.69. The minimum Gasteiger partial charge on any atom is -0.674 e. The SMILES string of the molecule is NCC1CN(c2ccc([N-]C3CCC(=O)NC3=O)c(C=O)c2)C1.[K+]. The summed E-state index contributed by atoms with van der Waals surface area (Å²) in [5.74, 6) is -0.183. The summed E-state index contributed by atoms with van der Waals surface area (Å²) in [6, 6.07) is 4.80. The topological polar surface area (TPSA) is 107 Å². The second kappa shape index (κ2) is 8.55. The van der Waals surface area contributed by atoms with Gasteiger partial charge in [-0.3, -0.25) is 19.7 Å². The molecule has 0 radical (unpaired) electrons. The first kappa shape index (κ1) is 19.5. The Balaban J connectivity index is 0.00000208. The van der Waals surface area contributed by atoms with E-state index < -0.39 is 11.9 Å². The smallest absolute Gasteiger partial charge is 0.674 e. The molecule has 1 unspecified atom stereocenters. The summed E-state index contributed by atoms with van der Waals surface area (Å²) in [4.78, 5) is 36.4. The summed E-state index contributed by atoms with van der Waals surface area (Å²) in [5, 5.41) is 6.61. The average Bonchev–Trinajstić information content (AvgIpc) is 2.50. The molecule has 0 aliphatic carbocycles. The van der Waals surface area contributed by atoms with Crippen molar-refractivity contribution >= 4 is 29.5 Å². The third-order valence-electron chi connectivity index (χ3n) is 4.30. The minimum absolute atomic E-state index is 0. The molecule has 1 atom stereocenters. The van der Waals surface area contributed by atoms with Gasteiger partial charge in [-0.2, -0.15) is 0 Å². The number of hydrogen-bond acceptors (Lipinski definition) is 5. The molecule has 2 saturated heterocycles. The fraction of sp³-hybridized carbons (Fsp3) is 0.438. The zero-order valence-electron chi connectivity index (χ0n) is 13.7. The van der Waals surface area contributed by atoms with E-state index in [-0.39, 0.29) is 63.7 Å². The predicted octanol–water partition coefficient (Wildman–Crippen LogP) is -2.29. The van der Waals surface area contributed by atoms with E-state index in [0.29, 0.717) is 30.1 Å². The number of nitrogens with zero attached hydrogens (tertiary/aromatic N) is 2. The number of aldehydes is 1. The molecule has 2 aliphatic rings. The first-order chi connectivity index (χ1) is 11.1. The molecule has 3 rings (SSSR count). The maximum absolute atomic E-state index is 11.8. The number of imide groups is 1. The number of nitrogens with two attached hydrogens (primary N) is 1. The fourth-order valence-electron chi connectivity index (χ4n) is 2.85. The number of carbonyl (C=O) groups excluding carboxylic acids is 3. The van der Waals surface area contributed by atoms with Crippen LogP contribution in [0.4, 0.5) is 11.4 Å². The molecular weight excluding hydrogens is 335 g/mol. The molecule has 2 aliphatic heterocycles. The molecule has 24 heavy (non-hydrogen) atoms. The third kappa shape index (κ3) is 4.25. The summed E-state index contributed by atoms with van der Waals surface area (Å²) in [6.07, 6.45) is 1.38. The van der Waals surface area contributed by atoms with E-state index in [4.69, 9.17) is 5.73 Å². The van der Waals surface area contributed by atoms with Crippen LogP contribution in [0.25, 0.3) is 5.32 Å². The second-order valence-electron chi connectivity index (χ2n) is 5.96. The molecule has 2 fully saturated rings. The van der Waals surface area contributed by atoms with Gasteiger partial charge in [0, 0.05) is 36.7 Å². The van der Waals surface area contributed by atoms with Crippen molar-refractivity contribution < 1.29 is 65.8 Å². The van der Waals surface area contributed by atoms with E-state index in [1.54, 1.807) is 12.1 Å². The van der Waals surface area contributed by atoms with Crippen molar-refractivity contribution in [1.29, 1.82) is 0 Å². The zero-order chi connectivity index (χ0) is 16.4. The van der Waals surface area contributed by atoms with Crippen LogP contribution in [0.1, 0.15) is 23.2 Å². The molecule has 0 saturated carbocycles. The first-order valence-electron chi connectivity index (χ1n) is 7.69. The molecule has 1 aromatic rings. The van der Waals surface area contributed by atoms with Gasteiger partial charge in [0.25, 0.3) is 0 Å². The number of rotatable bonds is 5. The molecule has 1 aromatic carbocycles. The van der Waals surface area contributed by atoms with E-state index in [0.717, 1.165) is 25.1 Å². The van der Waals surface area contributed by atoms with Crippen molar-refractivity contribution in [1.82, 2.24) is 5.32 Å². The van der Waals surface area contributed by atoms with Crippen molar-refractivity contribution in [3.8, 4) is 0 Å². The van der Waals surface area contributed by atoms with E-state index >= 15 is 0 Å². The molecule has 0 spiro atoms. The number of hydrogen-bond donors (Lipinski definition) is 2. The Morgan fingerprint density at radius 1 is 1.33 bits per heavy atom. The van der Waals surface area contributed by atoms with Crippen LogP contribution in [0.2, 0.25) is 0 Å². The summed E-state index contributed by atoms with van der Waals surface area (Å²) in [6.45, 7) is 2.44. The Morgan fingerprint density at radius 3 is 2.71 bits per heavy atom. The Kier molecular flexibility index (Phi) is 6.96. The van der Waals surface area contributed by atoms with Crippen LogP contribution in [-0.4, -0.2) is 43.8 Å². The van der Waals surface area contributed by atoms with Crippen molar-refractivity contribution in [2.45, 2.75) is 18.9 Å². The van der Waals surface area contributed by atoms with E-state index in [2.05, 4.69) is 15.5 Å². The number of piperidine rings is 1. The van der Waals surface area contributed by atoms with E-state index in [1.807, 2.05) is 6.07 Å². The molecule has 122 valence electrons. The Morgan fingerprint density at radius 2 is 2.08 bits per heavy atom. The van der Waals surface area contributed by atoms with Crippen molar-refractivity contribution in [2.24, 2.45) is 11.7 Å². The van der Waals surface area contributed by atoms with E-state index in [1.165, 1.54) is 0 Å². The van der Waals surface area contributed by atoms with Crippen LogP contribution in [0.15, 0.2) is 18.2 Å². The molecular formula is C16H19KN4O3. The van der Waals surface area contributed by atoms with Gasteiger partial charge in [-0.1, -0.05) is 6.07 Å². The van der Waals surface area contributed by atoms with Crippen LogP contribution in [-0.2, 0) is 9.59 Å². The van der Waals surface area contributed by atoms with Crippen molar-refractivity contribution in [3.05, 3.63) is 29.1 Å². The van der Waals surface area contributed by atoms with E-state index in [9.17, 15) is 14.4 Å². The van der Waals surface area contributed by atoms with Crippen molar-refractivity contribution in [2.75, 3.05) is 24.5 Å². The van der Waals surface area contributed by atoms with Gasteiger partial charge in [-0.05, 0) is 31.1 Å². The number of benzene rings is 1. The number of nitrogens with one attached hydrogen (secondary N) is 1. The fourth-order valence-corrected chi connectivity index (χ4v) is 2.85. The molecule has 8 heteroatoms. The van der Waals surface area contributed by atoms with Gasteiger partial charge in [0.1, 0.15) is 6.29 Å². The van der Waals surface area contributed by atoms with Gasteiger partial charge in [0.05, 0.1) is 0 Å². The van der Waals surface area contributed by atoms with Crippen LogP contribution in [0.3, 0.4) is 0 Å². The van der Waals surface area contributed by atoms with Gasteiger partial charge < -0.3 is 16.0 Å². The summed E-state index contributed by atoms with van der Waals surface area (Å²) >= 11 is 0. The molecule has 7 nitrogen and oxygen atoms in total. The van der Waals surface area contributed by atoms with Gasteiger partial charge >= 0.3 is 51.4 Å². The van der Waals surface area contributed by atoms with Crippen LogP contribution in [0, 0.1) is 5.92 Å². The maximum Gasteiger partial charge on any atom is 1.00 e. The Hall–Kier alpha value is -0.774. The summed E-state index contributed by atoms with van der Waals surface area (Å²) < 4.78 is 0. The molecule has 2 amide bonds. The van der Waals surface area contributed by atoms with Gasteiger partial charge in [-0.15, -0.1) is 5.69 Å². The molecule has 0 aromatic heterocycles. The summed E-state index contributed by atoms with van der Waals surface area (Å²) in [5.41, 5.74) is 7.51. The Labute approximate surface area is 183 Å². The third-order valence-corrected chi connectivity index (χ3v) is 4.30. The Bertz CT molecular complexity index is 646. The molecule has 2 heterocycles. The summed E-state index contributed by atoms with van der Waals surface area (Å²) in [7, 11) is 0. The second-order valence-corrected chi connectivity index (χ2v) is 5.96. The standard InChI is InChI=1S/C16H20N4O3.K/c17-6-10-7-20(8-10)12-1-2-13(11(5-12)9-21)18-14-3-4-15(22)19-16(14)23;/h1-2,5,9-10,14H,3-4,6-8,17H2,(H2,18,19,21,22,23);/q;+1/p-1. The van der Waals surface area contributed by atoms with Gasteiger partial charge in [-0.25, -0.2) is 0 Å². The van der Waals surface area contributed by atoms with Crippen LogP contribution >= 0.6 is 0 Å². The largest absolute Gasteiger partial charge is 1.00 e. The number of carbonyl (C=O) groups is 3. The van der Waals surface area contributed by atoms with Crippen molar-refractivity contribution in [3.63, 3.8) is 0 Å². The maximum atomic E-state index is 11.8.